The fourth-order valence-corrected chi connectivity index (χ4v) is 0.441. The van der Waals surface area contributed by atoms with Crippen LogP contribution < -0.4 is 0 Å². The predicted molar refractivity (Wildman–Crippen MR) is 46.4 cm³/mol. The standard InChI is InChI=1S/C6H5FO.BrH.Mg.2H/c7-5-1-3-6(8)4-2-5;;;;/h1-4,8H;1H;;;/q;;+2;2*-1. The summed E-state index contributed by atoms with van der Waals surface area (Å²) in [5, 5.41) is 8.59. The molecule has 0 bridgehead atoms. The van der Waals surface area contributed by atoms with E-state index in [2.05, 4.69) is 0 Å². The number of hydrogen-bond acceptors (Lipinski definition) is 1. The van der Waals surface area contributed by atoms with Crippen molar-refractivity contribution in [3.63, 3.8) is 0 Å². The minimum absolute atomic E-state index is 0. The van der Waals surface area contributed by atoms with Crippen LogP contribution in [-0.2, 0) is 0 Å². The van der Waals surface area contributed by atoms with Gasteiger partial charge in [-0.2, -0.15) is 0 Å². The van der Waals surface area contributed by atoms with Gasteiger partial charge in [0.15, 0.2) is 0 Å². The Morgan fingerprint density at radius 1 is 1.20 bits per heavy atom. The maximum atomic E-state index is 12.0. The van der Waals surface area contributed by atoms with E-state index in [9.17, 15) is 4.39 Å². The Morgan fingerprint density at radius 2 is 1.60 bits per heavy atom. The Morgan fingerprint density at radius 3 is 1.90 bits per heavy atom. The number of halogens is 2. The van der Waals surface area contributed by atoms with Crippen LogP contribution in [0.15, 0.2) is 24.3 Å². The van der Waals surface area contributed by atoms with E-state index in [1.807, 2.05) is 0 Å². The van der Waals surface area contributed by atoms with Crippen LogP contribution in [-0.4, -0.2) is 28.2 Å². The normalized spacial score (nSPS) is 7.30. The third kappa shape index (κ3) is 4.08. The van der Waals surface area contributed by atoms with Crippen LogP contribution in [0.25, 0.3) is 0 Å². The van der Waals surface area contributed by atoms with Crippen LogP contribution in [0, 0.1) is 5.82 Å². The zero-order chi connectivity index (χ0) is 5.98. The molecule has 0 amide bonds. The van der Waals surface area contributed by atoms with Gasteiger partial charge in [0, 0.05) is 0 Å². The largest absolute Gasteiger partial charge is 2.00 e. The van der Waals surface area contributed by atoms with Crippen LogP contribution >= 0.6 is 17.0 Å². The third-order valence-electron chi connectivity index (χ3n) is 0.827. The molecule has 10 heavy (non-hydrogen) atoms. The molecule has 0 spiro atoms. The van der Waals surface area contributed by atoms with Gasteiger partial charge in [-0.25, -0.2) is 4.39 Å². The Labute approximate surface area is 88.1 Å². The smallest absolute Gasteiger partial charge is 1.00 e. The summed E-state index contributed by atoms with van der Waals surface area (Å²) in [4.78, 5) is 0. The average molecular weight is 219 g/mol. The van der Waals surface area contributed by atoms with E-state index in [0.717, 1.165) is 0 Å². The molecule has 0 aliphatic rings. The first-order valence-electron chi connectivity index (χ1n) is 2.23. The molecular weight excluding hydrogens is 211 g/mol. The van der Waals surface area contributed by atoms with Gasteiger partial charge in [0.2, 0.25) is 0 Å². The summed E-state index contributed by atoms with van der Waals surface area (Å²) in [7, 11) is 0. The van der Waals surface area contributed by atoms with Crippen LogP contribution in [0.1, 0.15) is 2.85 Å². The topological polar surface area (TPSA) is 20.2 Å². The van der Waals surface area contributed by atoms with E-state index in [4.69, 9.17) is 5.11 Å². The Balaban J connectivity index is -0.0000000800. The van der Waals surface area contributed by atoms with Gasteiger partial charge in [0.05, 0.1) is 0 Å². The average Bonchev–Trinajstić information content (AvgIpc) is 1.77. The van der Waals surface area contributed by atoms with E-state index < -0.39 is 0 Å². The van der Waals surface area contributed by atoms with E-state index in [1.165, 1.54) is 24.3 Å². The molecule has 0 unspecified atom stereocenters. The maximum Gasteiger partial charge on any atom is 2.00 e. The fraction of sp³-hybridized carbons (Fsp3) is 0. The van der Waals surface area contributed by atoms with Gasteiger partial charge in [-0.1, -0.05) is 0 Å². The SMILES string of the molecule is Br.Oc1ccc(F)cc1.[H-].[H-].[Mg+2]. The van der Waals surface area contributed by atoms with Crippen molar-refractivity contribution in [1.82, 2.24) is 0 Å². The molecule has 1 aromatic rings. The Kier molecular flexibility index (Phi) is 7.63. The molecule has 0 fully saturated rings. The number of benzene rings is 1. The molecule has 1 N–H and O–H groups in total. The number of phenolic OH excluding ortho intramolecular Hbond substituents is 1. The summed E-state index contributed by atoms with van der Waals surface area (Å²) in [6.45, 7) is 0. The predicted octanol–water partition coefficient (Wildman–Crippen LogP) is 1.95. The molecule has 4 heteroatoms. The summed E-state index contributed by atoms with van der Waals surface area (Å²) in [5.41, 5.74) is 0. The molecule has 0 saturated carbocycles. The number of phenols is 1. The summed E-state index contributed by atoms with van der Waals surface area (Å²) in [6, 6.07) is 5.01. The maximum absolute atomic E-state index is 12.0. The van der Waals surface area contributed by atoms with Crippen LogP contribution in [0.4, 0.5) is 4.39 Å². The van der Waals surface area contributed by atoms with Crippen molar-refractivity contribution in [3.05, 3.63) is 30.1 Å². The molecule has 1 aromatic carbocycles. The fourth-order valence-electron chi connectivity index (χ4n) is 0.441. The number of aromatic hydroxyl groups is 1. The molecule has 0 aromatic heterocycles. The van der Waals surface area contributed by atoms with Gasteiger partial charge in [-0.15, -0.1) is 17.0 Å². The van der Waals surface area contributed by atoms with Crippen molar-refractivity contribution >= 4 is 40.0 Å². The van der Waals surface area contributed by atoms with Crippen LogP contribution in [0.2, 0.25) is 0 Å². The first-order chi connectivity index (χ1) is 3.79. The third-order valence-corrected chi connectivity index (χ3v) is 0.827. The van der Waals surface area contributed by atoms with E-state index in [0.29, 0.717) is 0 Å². The molecule has 0 heterocycles. The van der Waals surface area contributed by atoms with Crippen LogP contribution in [0.5, 0.6) is 5.75 Å². The molecule has 0 atom stereocenters. The Bertz CT molecular complexity index is 164. The first kappa shape index (κ1) is 12.8. The molecule has 0 radical (unpaired) electrons. The minimum Gasteiger partial charge on any atom is -1.00 e. The monoisotopic (exact) mass is 218 g/mol. The van der Waals surface area contributed by atoms with Gasteiger partial charge >= 0.3 is 23.1 Å². The van der Waals surface area contributed by atoms with Crippen molar-refractivity contribution in [1.29, 1.82) is 0 Å². The molecular formula is C6H8BrFMgO. The molecule has 54 valence electrons. The molecule has 1 nitrogen and oxygen atoms in total. The van der Waals surface area contributed by atoms with E-state index >= 15 is 0 Å². The van der Waals surface area contributed by atoms with Crippen molar-refractivity contribution in [2.45, 2.75) is 0 Å². The van der Waals surface area contributed by atoms with Crippen molar-refractivity contribution in [3.8, 4) is 5.75 Å². The summed E-state index contributed by atoms with van der Waals surface area (Å²) >= 11 is 0. The summed E-state index contributed by atoms with van der Waals surface area (Å²) in [5.74, 6) is -0.241. The van der Waals surface area contributed by atoms with Crippen molar-refractivity contribution in [2.24, 2.45) is 0 Å². The zero-order valence-electron chi connectivity index (χ0n) is 7.25. The second-order valence-corrected chi connectivity index (χ2v) is 1.48. The molecule has 0 saturated heterocycles. The van der Waals surface area contributed by atoms with Gasteiger partial charge < -0.3 is 7.96 Å². The first-order valence-corrected chi connectivity index (χ1v) is 2.23. The number of hydrogen-bond donors (Lipinski definition) is 1. The van der Waals surface area contributed by atoms with E-state index in [-0.39, 0.29) is 54.5 Å². The summed E-state index contributed by atoms with van der Waals surface area (Å²) < 4.78 is 12.0. The van der Waals surface area contributed by atoms with Crippen LogP contribution in [0.3, 0.4) is 0 Å². The van der Waals surface area contributed by atoms with Gasteiger partial charge in [0.25, 0.3) is 0 Å². The molecule has 0 aliphatic heterocycles. The van der Waals surface area contributed by atoms with Gasteiger partial charge in [-0.05, 0) is 24.3 Å². The quantitative estimate of drug-likeness (QED) is 0.661. The minimum atomic E-state index is -0.331. The second kappa shape index (κ2) is 5.94. The zero-order valence-corrected chi connectivity index (χ0v) is 8.38. The number of rotatable bonds is 0. The van der Waals surface area contributed by atoms with Gasteiger partial charge in [-0.3, -0.25) is 0 Å². The Hall–Kier alpha value is 0.196. The van der Waals surface area contributed by atoms with Crippen molar-refractivity contribution in [2.75, 3.05) is 0 Å². The second-order valence-electron chi connectivity index (χ2n) is 1.48. The summed E-state index contributed by atoms with van der Waals surface area (Å²) in [6.07, 6.45) is 0. The van der Waals surface area contributed by atoms with Gasteiger partial charge in [0.1, 0.15) is 11.6 Å². The van der Waals surface area contributed by atoms with E-state index in [1.54, 1.807) is 0 Å². The molecule has 1 rings (SSSR count). The van der Waals surface area contributed by atoms with Crippen molar-refractivity contribution < 1.29 is 12.4 Å². The molecule has 0 aliphatic carbocycles.